The number of carbonyl (C=O) groups is 1. The molecule has 5 aliphatic rings. The Kier molecular flexibility index (Phi) is 3.98. The Morgan fingerprint density at radius 3 is 2.50 bits per heavy atom. The average Bonchev–Trinajstić information content (AvgIpc) is 3.45. The van der Waals surface area contributed by atoms with E-state index in [0.717, 1.165) is 12.8 Å². The summed E-state index contributed by atoms with van der Waals surface area (Å²) >= 11 is 0. The molecule has 0 aromatic heterocycles. The van der Waals surface area contributed by atoms with Crippen LogP contribution in [0.2, 0.25) is 0 Å². The number of allylic oxidation sites excluding steroid dienone is 2. The number of halogens is 3. The van der Waals surface area contributed by atoms with E-state index in [9.17, 15) is 18.0 Å². The van der Waals surface area contributed by atoms with Crippen molar-refractivity contribution in [3.05, 3.63) is 47.5 Å². The van der Waals surface area contributed by atoms with Gasteiger partial charge in [-0.3, -0.25) is 4.79 Å². The van der Waals surface area contributed by atoms with Gasteiger partial charge in [-0.2, -0.15) is 13.2 Å². The van der Waals surface area contributed by atoms with Crippen molar-refractivity contribution in [2.45, 2.75) is 50.4 Å². The Hall–Kier alpha value is -1.86. The normalized spacial score (nSPS) is 40.2. The minimum atomic E-state index is -4.42. The van der Waals surface area contributed by atoms with Crippen LogP contribution in [-0.4, -0.2) is 37.3 Å². The minimum Gasteiger partial charge on any atom is -0.456 e. The molecule has 4 bridgehead atoms. The highest BCUT2D eigenvalue weighted by atomic mass is 19.4. The third kappa shape index (κ3) is 2.71. The van der Waals surface area contributed by atoms with E-state index < -0.39 is 48.2 Å². The van der Waals surface area contributed by atoms with E-state index >= 15 is 0 Å². The summed E-state index contributed by atoms with van der Waals surface area (Å²) in [4.78, 5) is 13.2. The van der Waals surface area contributed by atoms with Crippen LogP contribution in [0.25, 0.3) is 0 Å². The smallest absolute Gasteiger partial charge is 0.393 e. The zero-order chi connectivity index (χ0) is 20.7. The quantitative estimate of drug-likeness (QED) is 0.539. The van der Waals surface area contributed by atoms with Gasteiger partial charge < -0.3 is 14.2 Å². The maximum absolute atomic E-state index is 13.7. The fourth-order valence-corrected chi connectivity index (χ4v) is 6.64. The van der Waals surface area contributed by atoms with Gasteiger partial charge in [-0.15, -0.1) is 0 Å². The molecular weight excluding hydrogens is 397 g/mol. The first-order valence-corrected chi connectivity index (χ1v) is 10.6. The Bertz CT molecular complexity index is 885. The molecule has 3 fully saturated rings. The number of carbonyl (C=O) groups excluding carboxylic acids is 1. The van der Waals surface area contributed by atoms with E-state index in [1.165, 1.54) is 11.1 Å². The van der Waals surface area contributed by atoms with Gasteiger partial charge >= 0.3 is 12.1 Å². The van der Waals surface area contributed by atoms with E-state index in [2.05, 4.69) is 12.1 Å². The van der Waals surface area contributed by atoms with E-state index in [0.29, 0.717) is 19.4 Å². The molecule has 1 aromatic carbocycles. The van der Waals surface area contributed by atoms with Gasteiger partial charge in [0, 0.05) is 5.41 Å². The molecule has 4 nitrogen and oxygen atoms in total. The molecule has 30 heavy (non-hydrogen) atoms. The number of esters is 1. The van der Waals surface area contributed by atoms with Crippen molar-refractivity contribution in [1.29, 1.82) is 0 Å². The van der Waals surface area contributed by atoms with Crippen LogP contribution < -0.4 is 0 Å². The Labute approximate surface area is 172 Å². The Balaban J connectivity index is 1.30. The van der Waals surface area contributed by atoms with Crippen LogP contribution in [0.15, 0.2) is 36.4 Å². The molecule has 160 valence electrons. The van der Waals surface area contributed by atoms with Gasteiger partial charge in [0.25, 0.3) is 0 Å². The molecule has 1 saturated carbocycles. The molecule has 1 spiro atoms. The maximum Gasteiger partial charge on any atom is 0.393 e. The molecule has 2 saturated heterocycles. The number of fused-ring (bicyclic) bond motifs is 5. The summed E-state index contributed by atoms with van der Waals surface area (Å²) in [7, 11) is 0. The summed E-state index contributed by atoms with van der Waals surface area (Å²) in [6.07, 6.45) is -0.0522. The predicted octanol–water partition coefficient (Wildman–Crippen LogP) is 3.83. The van der Waals surface area contributed by atoms with Gasteiger partial charge in [-0.25, -0.2) is 0 Å². The standard InChI is InChI=1S/C23H23F3O4/c24-23(25,26)18-13-6-5-12(7-13)17(18)20(27)30-19-21-28-11-16(29-21)10-22(19)8-14-3-1-2-4-15(14)9-22/h1-6,12-13,16-19,21H,7-11H2/t12-,13+,16-,17-,18-,19+,21+/m0/s1. The SMILES string of the molecule is O=C(O[C@@H]1[C@@H]2OC[C@H](CC13Cc1ccccc1C3)O2)[C@@H]1[C@@H](C(F)(F)F)[C@@H]2C=C[C@H]1C2. The summed E-state index contributed by atoms with van der Waals surface area (Å²) < 4.78 is 58.8. The zero-order valence-corrected chi connectivity index (χ0v) is 16.3. The van der Waals surface area contributed by atoms with E-state index in [4.69, 9.17) is 14.2 Å². The summed E-state index contributed by atoms with van der Waals surface area (Å²) in [6, 6.07) is 8.11. The first kappa shape index (κ1) is 18.9. The molecule has 2 heterocycles. The summed E-state index contributed by atoms with van der Waals surface area (Å²) in [6.45, 7) is 0.429. The van der Waals surface area contributed by atoms with Crippen molar-refractivity contribution in [3.63, 3.8) is 0 Å². The fourth-order valence-electron chi connectivity index (χ4n) is 6.64. The van der Waals surface area contributed by atoms with Crippen LogP contribution in [0.4, 0.5) is 13.2 Å². The molecule has 6 rings (SSSR count). The molecule has 1 aromatic rings. The number of rotatable bonds is 2. The van der Waals surface area contributed by atoms with Crippen molar-refractivity contribution in [3.8, 4) is 0 Å². The number of benzene rings is 1. The van der Waals surface area contributed by atoms with Crippen molar-refractivity contribution in [2.75, 3.05) is 6.61 Å². The van der Waals surface area contributed by atoms with Crippen LogP contribution >= 0.6 is 0 Å². The molecule has 0 N–H and O–H groups in total. The van der Waals surface area contributed by atoms with Crippen molar-refractivity contribution >= 4 is 5.97 Å². The van der Waals surface area contributed by atoms with E-state index in [1.54, 1.807) is 12.2 Å². The third-order valence-corrected chi connectivity index (χ3v) is 7.81. The lowest BCUT2D eigenvalue weighted by Crippen LogP contribution is -2.53. The highest BCUT2D eigenvalue weighted by molar-refractivity contribution is 5.75. The molecule has 3 aliphatic carbocycles. The highest BCUT2D eigenvalue weighted by Gasteiger charge is 2.62. The number of ether oxygens (including phenoxy) is 3. The van der Waals surface area contributed by atoms with E-state index in [1.807, 2.05) is 12.1 Å². The van der Waals surface area contributed by atoms with Gasteiger partial charge in [0.05, 0.1) is 24.5 Å². The third-order valence-electron chi connectivity index (χ3n) is 7.81. The monoisotopic (exact) mass is 420 g/mol. The second-order valence-corrected chi connectivity index (χ2v) is 9.55. The Morgan fingerprint density at radius 1 is 1.10 bits per heavy atom. The van der Waals surface area contributed by atoms with Crippen molar-refractivity contribution < 1.29 is 32.2 Å². The molecule has 7 atom stereocenters. The number of hydrogen-bond donors (Lipinski definition) is 0. The van der Waals surface area contributed by atoms with Crippen LogP contribution in [0.3, 0.4) is 0 Å². The number of alkyl halides is 3. The van der Waals surface area contributed by atoms with Gasteiger partial charge in [-0.1, -0.05) is 36.4 Å². The topological polar surface area (TPSA) is 44.8 Å². The summed E-state index contributed by atoms with van der Waals surface area (Å²) in [5.74, 6) is -4.65. The van der Waals surface area contributed by atoms with Crippen LogP contribution in [0.5, 0.6) is 0 Å². The van der Waals surface area contributed by atoms with Gasteiger partial charge in [-0.05, 0) is 48.6 Å². The summed E-state index contributed by atoms with van der Waals surface area (Å²) in [5.41, 5.74) is 2.02. The van der Waals surface area contributed by atoms with Crippen LogP contribution in [0, 0.1) is 29.1 Å². The van der Waals surface area contributed by atoms with Gasteiger partial charge in [0.1, 0.15) is 0 Å². The number of hydrogen-bond acceptors (Lipinski definition) is 4. The molecule has 2 aliphatic heterocycles. The van der Waals surface area contributed by atoms with E-state index in [-0.39, 0.29) is 11.5 Å². The lowest BCUT2D eigenvalue weighted by Gasteiger charge is -2.43. The highest BCUT2D eigenvalue weighted by Crippen LogP contribution is 2.56. The predicted molar refractivity (Wildman–Crippen MR) is 99.2 cm³/mol. The Morgan fingerprint density at radius 2 is 1.80 bits per heavy atom. The van der Waals surface area contributed by atoms with Gasteiger partial charge in [0.15, 0.2) is 12.4 Å². The average molecular weight is 420 g/mol. The van der Waals surface area contributed by atoms with Crippen molar-refractivity contribution in [2.24, 2.45) is 29.1 Å². The fraction of sp³-hybridized carbons (Fsp3) is 0.609. The van der Waals surface area contributed by atoms with Gasteiger partial charge in [0.2, 0.25) is 0 Å². The zero-order valence-electron chi connectivity index (χ0n) is 16.3. The molecule has 0 unspecified atom stereocenters. The molecule has 0 radical (unpaired) electrons. The maximum atomic E-state index is 13.7. The van der Waals surface area contributed by atoms with Crippen LogP contribution in [-0.2, 0) is 31.8 Å². The second-order valence-electron chi connectivity index (χ2n) is 9.55. The van der Waals surface area contributed by atoms with Crippen molar-refractivity contribution in [1.82, 2.24) is 0 Å². The lowest BCUT2D eigenvalue weighted by molar-refractivity contribution is -0.234. The first-order valence-electron chi connectivity index (χ1n) is 10.6. The largest absolute Gasteiger partial charge is 0.456 e. The molecule has 0 amide bonds. The lowest BCUT2D eigenvalue weighted by atomic mass is 9.73. The second kappa shape index (κ2) is 6.33. The molecular formula is C23H23F3O4. The minimum absolute atomic E-state index is 0.0624. The summed E-state index contributed by atoms with van der Waals surface area (Å²) in [5, 5.41) is 0. The van der Waals surface area contributed by atoms with Crippen LogP contribution in [0.1, 0.15) is 24.0 Å². The molecule has 7 heteroatoms. The first-order chi connectivity index (χ1) is 14.3.